The second-order valence-corrected chi connectivity index (χ2v) is 4.05. The highest BCUT2D eigenvalue weighted by Crippen LogP contribution is 2.26. The van der Waals surface area contributed by atoms with Crippen LogP contribution in [0.2, 0.25) is 0 Å². The van der Waals surface area contributed by atoms with Crippen molar-refractivity contribution in [2.45, 2.75) is 33.8 Å². The van der Waals surface area contributed by atoms with Crippen molar-refractivity contribution in [1.29, 1.82) is 0 Å². The summed E-state index contributed by atoms with van der Waals surface area (Å²) in [6, 6.07) is 5.87. The van der Waals surface area contributed by atoms with E-state index >= 15 is 0 Å². The molecule has 14 heavy (non-hydrogen) atoms. The van der Waals surface area contributed by atoms with E-state index in [0.29, 0.717) is 5.92 Å². The average molecular weight is 193 g/mol. The van der Waals surface area contributed by atoms with Crippen molar-refractivity contribution in [1.82, 2.24) is 0 Å². The lowest BCUT2D eigenvalue weighted by molar-refractivity contribution is 0.171. The zero-order valence-corrected chi connectivity index (χ0v) is 9.37. The average Bonchev–Trinajstić information content (AvgIpc) is 2.12. The van der Waals surface area contributed by atoms with Gasteiger partial charge in [-0.3, -0.25) is 0 Å². The maximum atomic E-state index is 5.91. The third-order valence-electron chi connectivity index (χ3n) is 2.54. The van der Waals surface area contributed by atoms with E-state index < -0.39 is 0 Å². The molecule has 0 radical (unpaired) electrons. The van der Waals surface area contributed by atoms with Crippen molar-refractivity contribution in [3.05, 3.63) is 23.8 Å². The fourth-order valence-corrected chi connectivity index (χ4v) is 1.09. The molecule has 1 unspecified atom stereocenters. The van der Waals surface area contributed by atoms with Gasteiger partial charge < -0.3 is 10.5 Å². The van der Waals surface area contributed by atoms with Crippen LogP contribution in [0.1, 0.15) is 26.3 Å². The Kier molecular flexibility index (Phi) is 3.39. The molecular weight excluding hydrogens is 174 g/mol. The lowest BCUT2D eigenvalue weighted by Crippen LogP contribution is -2.19. The summed E-state index contributed by atoms with van der Waals surface area (Å²) in [5.41, 5.74) is 7.72. The molecule has 2 heteroatoms. The van der Waals surface area contributed by atoms with Crippen LogP contribution in [0.25, 0.3) is 0 Å². The second-order valence-electron chi connectivity index (χ2n) is 4.05. The van der Waals surface area contributed by atoms with Gasteiger partial charge in [-0.05, 0) is 31.4 Å². The Morgan fingerprint density at radius 3 is 2.43 bits per heavy atom. The molecule has 1 rings (SSSR count). The highest BCUT2D eigenvalue weighted by molar-refractivity contribution is 5.57. The number of ether oxygens (including phenoxy) is 1. The van der Waals surface area contributed by atoms with Crippen molar-refractivity contribution >= 4 is 5.69 Å². The molecule has 78 valence electrons. The zero-order chi connectivity index (χ0) is 10.7. The van der Waals surface area contributed by atoms with Crippen LogP contribution in [0.3, 0.4) is 0 Å². The largest absolute Gasteiger partial charge is 0.488 e. The molecule has 0 aromatic heterocycles. The maximum absolute atomic E-state index is 5.91. The summed E-state index contributed by atoms with van der Waals surface area (Å²) < 4.78 is 5.76. The summed E-state index contributed by atoms with van der Waals surface area (Å²) >= 11 is 0. The molecular formula is C12H19NO. The molecule has 2 N–H and O–H groups in total. The first-order chi connectivity index (χ1) is 6.52. The molecule has 0 bridgehead atoms. The van der Waals surface area contributed by atoms with Crippen molar-refractivity contribution in [2.24, 2.45) is 5.92 Å². The van der Waals surface area contributed by atoms with E-state index in [0.717, 1.165) is 17.0 Å². The number of benzene rings is 1. The van der Waals surface area contributed by atoms with Crippen molar-refractivity contribution in [2.75, 3.05) is 5.73 Å². The van der Waals surface area contributed by atoms with E-state index in [-0.39, 0.29) is 6.10 Å². The van der Waals surface area contributed by atoms with E-state index in [4.69, 9.17) is 10.5 Å². The number of hydrogen-bond acceptors (Lipinski definition) is 2. The Labute approximate surface area is 86.1 Å². The normalized spacial score (nSPS) is 12.9. The summed E-state index contributed by atoms with van der Waals surface area (Å²) in [7, 11) is 0. The quantitative estimate of drug-likeness (QED) is 0.749. The molecule has 0 fully saturated rings. The minimum atomic E-state index is 0.194. The van der Waals surface area contributed by atoms with Crippen LogP contribution < -0.4 is 10.5 Å². The summed E-state index contributed by atoms with van der Waals surface area (Å²) in [5.74, 6) is 1.29. The fraction of sp³-hybridized carbons (Fsp3) is 0.500. The van der Waals surface area contributed by atoms with Crippen LogP contribution >= 0.6 is 0 Å². The van der Waals surface area contributed by atoms with Crippen LogP contribution in [0.5, 0.6) is 5.75 Å². The number of nitrogen functional groups attached to an aromatic ring is 1. The van der Waals surface area contributed by atoms with E-state index in [1.165, 1.54) is 0 Å². The van der Waals surface area contributed by atoms with Gasteiger partial charge in [0.15, 0.2) is 0 Å². The van der Waals surface area contributed by atoms with Gasteiger partial charge in [0.05, 0.1) is 11.8 Å². The molecule has 2 nitrogen and oxygen atoms in total. The molecule has 1 aromatic carbocycles. The first-order valence-electron chi connectivity index (χ1n) is 5.04. The van der Waals surface area contributed by atoms with Crippen molar-refractivity contribution in [3.63, 3.8) is 0 Å². The third kappa shape index (κ3) is 2.41. The van der Waals surface area contributed by atoms with Crippen molar-refractivity contribution < 1.29 is 4.74 Å². The second kappa shape index (κ2) is 4.36. The number of para-hydroxylation sites is 1. The lowest BCUT2D eigenvalue weighted by Gasteiger charge is -2.19. The first kappa shape index (κ1) is 10.9. The molecule has 1 atom stereocenters. The number of hydrogen-bond donors (Lipinski definition) is 1. The molecule has 1 aromatic rings. The highest BCUT2D eigenvalue weighted by Gasteiger charge is 2.10. The van der Waals surface area contributed by atoms with Crippen molar-refractivity contribution in [3.8, 4) is 5.75 Å². The summed E-state index contributed by atoms with van der Waals surface area (Å²) in [6.45, 7) is 8.32. The van der Waals surface area contributed by atoms with E-state index in [1.54, 1.807) is 0 Å². The van der Waals surface area contributed by atoms with Gasteiger partial charge in [-0.2, -0.15) is 0 Å². The maximum Gasteiger partial charge on any atom is 0.142 e. The Morgan fingerprint density at radius 1 is 1.21 bits per heavy atom. The Hall–Kier alpha value is -1.18. The van der Waals surface area contributed by atoms with Gasteiger partial charge in [-0.25, -0.2) is 0 Å². The minimum absolute atomic E-state index is 0.194. The number of nitrogens with two attached hydrogens (primary N) is 1. The SMILES string of the molecule is Cc1cccc(OC(C)C(C)C)c1N. The molecule has 0 saturated heterocycles. The topological polar surface area (TPSA) is 35.2 Å². The fourth-order valence-electron chi connectivity index (χ4n) is 1.09. The van der Waals surface area contributed by atoms with Gasteiger partial charge in [-0.1, -0.05) is 26.0 Å². The van der Waals surface area contributed by atoms with Gasteiger partial charge in [0.1, 0.15) is 5.75 Å². The summed E-state index contributed by atoms with van der Waals surface area (Å²) in [6.07, 6.45) is 0.194. The zero-order valence-electron chi connectivity index (χ0n) is 9.37. The lowest BCUT2D eigenvalue weighted by atomic mass is 10.1. The number of rotatable bonds is 3. The first-order valence-corrected chi connectivity index (χ1v) is 5.04. The van der Waals surface area contributed by atoms with Crippen LogP contribution in [-0.4, -0.2) is 6.10 Å². The molecule has 0 saturated carbocycles. The highest BCUT2D eigenvalue weighted by atomic mass is 16.5. The Balaban J connectivity index is 2.82. The summed E-state index contributed by atoms with van der Waals surface area (Å²) in [5, 5.41) is 0. The van der Waals surface area contributed by atoms with Crippen LogP contribution in [0.15, 0.2) is 18.2 Å². The van der Waals surface area contributed by atoms with Crippen LogP contribution in [-0.2, 0) is 0 Å². The van der Waals surface area contributed by atoms with Crippen LogP contribution in [0, 0.1) is 12.8 Å². The molecule has 0 spiro atoms. The molecule has 0 heterocycles. The number of anilines is 1. The van der Waals surface area contributed by atoms with E-state index in [9.17, 15) is 0 Å². The predicted octanol–water partition coefficient (Wildman–Crippen LogP) is 3.00. The van der Waals surface area contributed by atoms with E-state index in [2.05, 4.69) is 20.8 Å². The third-order valence-corrected chi connectivity index (χ3v) is 2.54. The van der Waals surface area contributed by atoms with Crippen LogP contribution in [0.4, 0.5) is 5.69 Å². The van der Waals surface area contributed by atoms with E-state index in [1.807, 2.05) is 25.1 Å². The van der Waals surface area contributed by atoms with Gasteiger partial charge in [0.25, 0.3) is 0 Å². The molecule has 0 amide bonds. The Morgan fingerprint density at radius 2 is 1.86 bits per heavy atom. The number of aryl methyl sites for hydroxylation is 1. The standard InChI is InChI=1S/C12H19NO/c1-8(2)10(4)14-11-7-5-6-9(3)12(11)13/h5-8,10H,13H2,1-4H3. The predicted molar refractivity (Wildman–Crippen MR) is 60.5 cm³/mol. The smallest absolute Gasteiger partial charge is 0.142 e. The Bertz CT molecular complexity index is 307. The molecule has 0 aliphatic heterocycles. The van der Waals surface area contributed by atoms with Gasteiger partial charge in [0, 0.05) is 0 Å². The molecule has 0 aliphatic carbocycles. The summed E-state index contributed by atoms with van der Waals surface area (Å²) in [4.78, 5) is 0. The molecule has 0 aliphatic rings. The minimum Gasteiger partial charge on any atom is -0.488 e. The monoisotopic (exact) mass is 193 g/mol. The van der Waals surface area contributed by atoms with Gasteiger partial charge >= 0.3 is 0 Å². The van der Waals surface area contributed by atoms with Gasteiger partial charge in [-0.15, -0.1) is 0 Å². The van der Waals surface area contributed by atoms with Gasteiger partial charge in [0.2, 0.25) is 0 Å².